The van der Waals surface area contributed by atoms with Gasteiger partial charge in [-0.05, 0) is 43.9 Å². The maximum atomic E-state index is 12.6. The van der Waals surface area contributed by atoms with Crippen LogP contribution in [0.2, 0.25) is 0 Å². The average Bonchev–Trinajstić information content (AvgIpc) is 2.82. The van der Waals surface area contributed by atoms with Gasteiger partial charge >= 0.3 is 0 Å². The van der Waals surface area contributed by atoms with Gasteiger partial charge in [-0.25, -0.2) is 0 Å². The summed E-state index contributed by atoms with van der Waals surface area (Å²) in [5, 5.41) is 0. The highest BCUT2D eigenvalue weighted by Gasteiger charge is 2.38. The van der Waals surface area contributed by atoms with Crippen molar-refractivity contribution in [3.63, 3.8) is 0 Å². The van der Waals surface area contributed by atoms with Gasteiger partial charge in [0.05, 0.1) is 0 Å². The lowest BCUT2D eigenvalue weighted by Gasteiger charge is -2.46. The first-order chi connectivity index (χ1) is 10.6. The van der Waals surface area contributed by atoms with E-state index in [2.05, 4.69) is 6.92 Å². The number of carbonyl (C=O) groups excluding carboxylic acids is 3. The molecule has 5 nitrogen and oxygen atoms in total. The molecule has 3 atom stereocenters. The van der Waals surface area contributed by atoms with Gasteiger partial charge in [-0.15, -0.1) is 0 Å². The van der Waals surface area contributed by atoms with Gasteiger partial charge in [0, 0.05) is 38.4 Å². The van der Waals surface area contributed by atoms with Crippen molar-refractivity contribution in [3.8, 4) is 0 Å². The Hall–Kier alpha value is -1.39. The highest BCUT2D eigenvalue weighted by atomic mass is 16.2. The van der Waals surface area contributed by atoms with E-state index < -0.39 is 0 Å². The molecule has 0 spiro atoms. The Kier molecular flexibility index (Phi) is 4.50. The number of fused-ring (bicyclic) bond motifs is 1. The molecule has 0 bridgehead atoms. The molecule has 0 N–H and O–H groups in total. The van der Waals surface area contributed by atoms with Crippen molar-refractivity contribution >= 4 is 17.7 Å². The van der Waals surface area contributed by atoms with Crippen LogP contribution in [0.1, 0.15) is 58.3 Å². The minimum atomic E-state index is -0.124. The highest BCUT2D eigenvalue weighted by Crippen LogP contribution is 2.38. The number of hydrogen-bond donors (Lipinski definition) is 0. The van der Waals surface area contributed by atoms with Gasteiger partial charge in [-0.2, -0.15) is 0 Å². The van der Waals surface area contributed by atoms with Crippen LogP contribution in [0.5, 0.6) is 0 Å². The van der Waals surface area contributed by atoms with Gasteiger partial charge < -0.3 is 4.90 Å². The second-order valence-electron chi connectivity index (χ2n) is 7.16. The van der Waals surface area contributed by atoms with E-state index in [0.717, 1.165) is 25.3 Å². The number of rotatable bonds is 3. The quantitative estimate of drug-likeness (QED) is 0.749. The van der Waals surface area contributed by atoms with Crippen molar-refractivity contribution in [2.75, 3.05) is 13.1 Å². The van der Waals surface area contributed by atoms with Gasteiger partial charge in [-0.3, -0.25) is 19.3 Å². The molecule has 0 aromatic carbocycles. The van der Waals surface area contributed by atoms with E-state index in [1.807, 2.05) is 4.90 Å². The molecule has 1 aliphatic carbocycles. The number of likely N-dealkylation sites (tertiary alicyclic amines) is 2. The summed E-state index contributed by atoms with van der Waals surface area (Å²) in [6.07, 6.45) is 6.77. The number of nitrogens with zero attached hydrogens (tertiary/aromatic N) is 2. The zero-order chi connectivity index (χ0) is 15.7. The van der Waals surface area contributed by atoms with Crippen LogP contribution in [-0.4, -0.2) is 46.7 Å². The van der Waals surface area contributed by atoms with E-state index in [4.69, 9.17) is 0 Å². The predicted octanol–water partition coefficient (Wildman–Crippen LogP) is 1.95. The van der Waals surface area contributed by atoms with Crippen LogP contribution >= 0.6 is 0 Å². The minimum absolute atomic E-state index is 0.122. The molecule has 2 aliphatic heterocycles. The number of imide groups is 1. The monoisotopic (exact) mass is 306 g/mol. The topological polar surface area (TPSA) is 57.7 Å². The summed E-state index contributed by atoms with van der Waals surface area (Å²) >= 11 is 0. The van der Waals surface area contributed by atoms with E-state index in [9.17, 15) is 14.4 Å². The molecular formula is C17H26N2O3. The van der Waals surface area contributed by atoms with E-state index in [1.54, 1.807) is 0 Å². The molecule has 122 valence electrons. The second kappa shape index (κ2) is 6.39. The van der Waals surface area contributed by atoms with Crippen LogP contribution in [-0.2, 0) is 14.4 Å². The zero-order valence-electron chi connectivity index (χ0n) is 13.4. The Morgan fingerprint density at radius 2 is 1.86 bits per heavy atom. The van der Waals surface area contributed by atoms with E-state index >= 15 is 0 Å². The fraction of sp³-hybridized carbons (Fsp3) is 0.824. The van der Waals surface area contributed by atoms with Crippen molar-refractivity contribution < 1.29 is 14.4 Å². The molecule has 0 aromatic rings. The van der Waals surface area contributed by atoms with Crippen LogP contribution in [0.25, 0.3) is 0 Å². The lowest BCUT2D eigenvalue weighted by molar-refractivity contribution is -0.141. The van der Waals surface area contributed by atoms with Crippen LogP contribution < -0.4 is 0 Å². The molecule has 3 amide bonds. The summed E-state index contributed by atoms with van der Waals surface area (Å²) in [6.45, 7) is 3.42. The average molecular weight is 306 g/mol. The number of piperidine rings is 1. The molecule has 3 rings (SSSR count). The molecule has 3 aliphatic rings. The van der Waals surface area contributed by atoms with Gasteiger partial charge in [0.15, 0.2) is 0 Å². The standard InChI is InChI=1S/C17H26N2O3/c1-12-4-5-14-13(11-12)3-2-9-18(14)17(22)8-10-19-15(20)6-7-16(19)21/h12-14H,2-11H2,1H3/t12-,13+,14+/m1/s1. The lowest BCUT2D eigenvalue weighted by atomic mass is 9.74. The van der Waals surface area contributed by atoms with Crippen LogP contribution in [0.15, 0.2) is 0 Å². The largest absolute Gasteiger partial charge is 0.339 e. The first-order valence-electron chi connectivity index (χ1n) is 8.69. The Balaban J connectivity index is 1.57. The summed E-state index contributed by atoms with van der Waals surface area (Å²) in [7, 11) is 0. The van der Waals surface area contributed by atoms with Crippen molar-refractivity contribution in [2.24, 2.45) is 11.8 Å². The normalized spacial score (nSPS) is 32.3. The first-order valence-corrected chi connectivity index (χ1v) is 8.69. The molecule has 5 heteroatoms. The Morgan fingerprint density at radius 3 is 2.59 bits per heavy atom. The molecule has 2 heterocycles. The van der Waals surface area contributed by atoms with Gasteiger partial charge in [0.25, 0.3) is 0 Å². The van der Waals surface area contributed by atoms with Crippen molar-refractivity contribution in [2.45, 2.75) is 64.3 Å². The summed E-state index contributed by atoms with van der Waals surface area (Å²) in [5.41, 5.74) is 0. The Labute approximate surface area is 132 Å². The third kappa shape index (κ3) is 3.03. The molecule has 0 aromatic heterocycles. The summed E-state index contributed by atoms with van der Waals surface area (Å²) in [5.74, 6) is 1.30. The fourth-order valence-corrected chi connectivity index (χ4v) is 4.43. The van der Waals surface area contributed by atoms with E-state index in [0.29, 0.717) is 24.8 Å². The summed E-state index contributed by atoms with van der Waals surface area (Å²) < 4.78 is 0. The van der Waals surface area contributed by atoms with Crippen molar-refractivity contribution in [1.82, 2.24) is 9.80 Å². The molecule has 0 unspecified atom stereocenters. The van der Waals surface area contributed by atoms with Crippen molar-refractivity contribution in [3.05, 3.63) is 0 Å². The molecule has 3 fully saturated rings. The van der Waals surface area contributed by atoms with E-state index in [1.165, 1.54) is 24.2 Å². The number of carbonyl (C=O) groups is 3. The van der Waals surface area contributed by atoms with Crippen LogP contribution in [0, 0.1) is 11.8 Å². The van der Waals surface area contributed by atoms with Crippen molar-refractivity contribution in [1.29, 1.82) is 0 Å². The summed E-state index contributed by atoms with van der Waals surface area (Å²) in [4.78, 5) is 39.1. The molecule has 2 saturated heterocycles. The van der Waals surface area contributed by atoms with E-state index in [-0.39, 0.29) is 30.7 Å². The van der Waals surface area contributed by atoms with Crippen LogP contribution in [0.3, 0.4) is 0 Å². The number of hydrogen-bond acceptors (Lipinski definition) is 3. The second-order valence-corrected chi connectivity index (χ2v) is 7.16. The molecule has 1 saturated carbocycles. The maximum absolute atomic E-state index is 12.6. The molecule has 22 heavy (non-hydrogen) atoms. The highest BCUT2D eigenvalue weighted by molar-refractivity contribution is 6.02. The SMILES string of the molecule is C[C@@H]1CC[C@H]2[C@@H](CCCN2C(=O)CCN2C(=O)CCC2=O)C1. The smallest absolute Gasteiger partial charge is 0.229 e. The Bertz CT molecular complexity index is 461. The minimum Gasteiger partial charge on any atom is -0.339 e. The first kappa shape index (κ1) is 15.5. The lowest BCUT2D eigenvalue weighted by Crippen LogP contribution is -2.51. The van der Waals surface area contributed by atoms with Crippen LogP contribution in [0.4, 0.5) is 0 Å². The Morgan fingerprint density at radius 1 is 1.14 bits per heavy atom. The molecular weight excluding hydrogens is 280 g/mol. The predicted molar refractivity (Wildman–Crippen MR) is 81.8 cm³/mol. The maximum Gasteiger partial charge on any atom is 0.229 e. The third-order valence-electron chi connectivity index (χ3n) is 5.60. The van der Waals surface area contributed by atoms with Gasteiger partial charge in [0.2, 0.25) is 17.7 Å². The number of amides is 3. The zero-order valence-corrected chi connectivity index (χ0v) is 13.4. The third-order valence-corrected chi connectivity index (χ3v) is 5.60. The molecule has 0 radical (unpaired) electrons. The van der Waals surface area contributed by atoms with Gasteiger partial charge in [-0.1, -0.05) is 6.92 Å². The summed E-state index contributed by atoms with van der Waals surface area (Å²) in [6, 6.07) is 0.391. The fourth-order valence-electron chi connectivity index (χ4n) is 4.43. The van der Waals surface area contributed by atoms with Gasteiger partial charge in [0.1, 0.15) is 0 Å².